The second kappa shape index (κ2) is 5.35. The Hall–Kier alpha value is -1.96. The first-order chi connectivity index (χ1) is 10.3. The van der Waals surface area contributed by atoms with Crippen molar-refractivity contribution >= 4 is 26.1 Å². The van der Waals surface area contributed by atoms with E-state index in [9.17, 15) is 13.2 Å². The predicted octanol–water partition coefficient (Wildman–Crippen LogP) is 4.03. The highest BCUT2D eigenvalue weighted by molar-refractivity contribution is 9.15. The molecular weight excluding hydrogens is 363 g/mol. The Morgan fingerprint density at radius 1 is 1.23 bits per heavy atom. The number of ether oxygens (including phenoxy) is 1. The van der Waals surface area contributed by atoms with E-state index in [1.165, 1.54) is 12.1 Å². The molecule has 1 aromatic heterocycles. The molecule has 3 rings (SSSR count). The topological polar surface area (TPSA) is 30.3 Å². The Bertz CT molecular complexity index is 722. The van der Waals surface area contributed by atoms with Crippen LogP contribution in [-0.2, 0) is 13.6 Å². The first-order valence-electron chi connectivity index (χ1n) is 6.34. The lowest BCUT2D eigenvalue weighted by Crippen LogP contribution is -2.21. The molecule has 0 saturated carbocycles. The smallest absolute Gasteiger partial charge is 0.406 e. The third-order valence-electron chi connectivity index (χ3n) is 3.23. The number of imidazole rings is 1. The first kappa shape index (κ1) is 15.0. The number of benzene rings is 1. The lowest BCUT2D eigenvalue weighted by atomic mass is 10.2. The summed E-state index contributed by atoms with van der Waals surface area (Å²) < 4.78 is 43.1. The molecule has 4 nitrogen and oxygen atoms in total. The molecule has 1 aliphatic heterocycles. The van der Waals surface area contributed by atoms with Crippen molar-refractivity contribution in [3.8, 4) is 5.75 Å². The van der Waals surface area contributed by atoms with E-state index in [0.29, 0.717) is 6.54 Å². The van der Waals surface area contributed by atoms with Gasteiger partial charge in [0.15, 0.2) is 0 Å². The zero-order chi connectivity index (χ0) is 15.9. The van der Waals surface area contributed by atoms with Crippen LogP contribution in [0.4, 0.5) is 18.9 Å². The van der Waals surface area contributed by atoms with Crippen molar-refractivity contribution in [3.63, 3.8) is 0 Å². The Labute approximate surface area is 132 Å². The average Bonchev–Trinajstić information content (AvgIpc) is 2.80. The van der Waals surface area contributed by atoms with Crippen LogP contribution in [0, 0.1) is 0 Å². The summed E-state index contributed by atoms with van der Waals surface area (Å²) in [5.41, 5.74) is 2.64. The van der Waals surface area contributed by atoms with E-state index in [1.807, 2.05) is 22.7 Å². The Morgan fingerprint density at radius 2 is 1.91 bits per heavy atom. The van der Waals surface area contributed by atoms with Gasteiger partial charge in [-0.15, -0.1) is 13.2 Å². The van der Waals surface area contributed by atoms with E-state index in [-0.39, 0.29) is 5.75 Å². The van der Waals surface area contributed by atoms with Crippen molar-refractivity contribution in [2.75, 3.05) is 4.90 Å². The molecule has 0 spiro atoms. The van der Waals surface area contributed by atoms with Gasteiger partial charge in [-0.2, -0.15) is 0 Å². The second-order valence-corrected chi connectivity index (χ2v) is 5.65. The lowest BCUT2D eigenvalue weighted by molar-refractivity contribution is -0.274. The van der Waals surface area contributed by atoms with Crippen molar-refractivity contribution in [3.05, 3.63) is 48.2 Å². The van der Waals surface area contributed by atoms with Crippen LogP contribution in [0.25, 0.3) is 4.48 Å². The van der Waals surface area contributed by atoms with E-state index >= 15 is 0 Å². The molecule has 0 fully saturated rings. The van der Waals surface area contributed by atoms with Crippen molar-refractivity contribution in [2.24, 2.45) is 7.05 Å². The average molecular weight is 374 g/mol. The summed E-state index contributed by atoms with van der Waals surface area (Å²) >= 11 is 3.49. The summed E-state index contributed by atoms with van der Waals surface area (Å²) in [5.74, 6) is -0.241. The van der Waals surface area contributed by atoms with Crippen LogP contribution in [0.15, 0.2) is 36.8 Å². The van der Waals surface area contributed by atoms with Gasteiger partial charge in [0.25, 0.3) is 0 Å². The maximum Gasteiger partial charge on any atom is 0.573 e. The summed E-state index contributed by atoms with van der Waals surface area (Å²) in [6.07, 6.45) is -1.08. The van der Waals surface area contributed by atoms with Crippen LogP contribution in [0.3, 0.4) is 0 Å². The summed E-state index contributed by atoms with van der Waals surface area (Å²) in [6, 6.07) is 5.73. The summed E-state index contributed by atoms with van der Waals surface area (Å²) in [7, 11) is 1.90. The zero-order valence-electron chi connectivity index (χ0n) is 11.4. The van der Waals surface area contributed by atoms with Crippen LogP contribution in [0.5, 0.6) is 5.75 Å². The molecule has 1 aliphatic rings. The van der Waals surface area contributed by atoms with Gasteiger partial charge in [-0.25, -0.2) is 4.98 Å². The fourth-order valence-corrected chi connectivity index (χ4v) is 3.07. The van der Waals surface area contributed by atoms with Crippen molar-refractivity contribution in [1.29, 1.82) is 0 Å². The van der Waals surface area contributed by atoms with Crippen molar-refractivity contribution in [2.45, 2.75) is 12.9 Å². The Balaban J connectivity index is 1.83. The molecule has 0 radical (unpaired) electrons. The predicted molar refractivity (Wildman–Crippen MR) is 79.4 cm³/mol. The standard InChI is InChI=1S/C14H11BrF3N3O/c1-20-8-19-12-7-21(6-11(15)13(12)20)9-2-4-10(5-3-9)22-14(16,17)18/h2-6,8H,7H2,1H3. The number of aryl methyl sites for hydroxylation is 1. The number of halogens is 4. The molecule has 0 aliphatic carbocycles. The SMILES string of the molecule is Cn1cnc2c1C(Br)=CN(c1ccc(OC(F)(F)F)cc1)C2. The molecule has 0 unspecified atom stereocenters. The number of fused-ring (bicyclic) bond motifs is 1. The van der Waals surface area contributed by atoms with Gasteiger partial charge in [0, 0.05) is 18.9 Å². The molecule has 22 heavy (non-hydrogen) atoms. The fraction of sp³-hybridized carbons (Fsp3) is 0.214. The highest BCUT2D eigenvalue weighted by atomic mass is 79.9. The highest BCUT2D eigenvalue weighted by Crippen LogP contribution is 2.33. The van der Waals surface area contributed by atoms with Gasteiger partial charge < -0.3 is 14.2 Å². The van der Waals surface area contributed by atoms with Crippen molar-refractivity contribution in [1.82, 2.24) is 9.55 Å². The number of anilines is 1. The van der Waals surface area contributed by atoms with Crippen LogP contribution in [0.1, 0.15) is 11.4 Å². The van der Waals surface area contributed by atoms with E-state index < -0.39 is 6.36 Å². The quantitative estimate of drug-likeness (QED) is 0.795. The molecule has 0 bridgehead atoms. The Kier molecular flexibility index (Phi) is 3.64. The maximum absolute atomic E-state index is 12.2. The van der Waals surface area contributed by atoms with Crippen LogP contribution in [-0.4, -0.2) is 15.9 Å². The number of aromatic nitrogens is 2. The van der Waals surface area contributed by atoms with E-state index in [1.54, 1.807) is 18.5 Å². The number of hydrogen-bond donors (Lipinski definition) is 0. The van der Waals surface area contributed by atoms with Gasteiger partial charge >= 0.3 is 6.36 Å². The van der Waals surface area contributed by atoms with Gasteiger partial charge in [-0.3, -0.25) is 0 Å². The minimum Gasteiger partial charge on any atom is -0.406 e. The van der Waals surface area contributed by atoms with Crippen LogP contribution < -0.4 is 9.64 Å². The van der Waals surface area contributed by atoms with E-state index in [0.717, 1.165) is 21.6 Å². The largest absolute Gasteiger partial charge is 0.573 e. The first-order valence-corrected chi connectivity index (χ1v) is 7.13. The molecule has 0 N–H and O–H groups in total. The number of nitrogens with zero attached hydrogens (tertiary/aromatic N) is 3. The van der Waals surface area contributed by atoms with Crippen LogP contribution in [0.2, 0.25) is 0 Å². The third kappa shape index (κ3) is 2.96. The Morgan fingerprint density at radius 3 is 2.55 bits per heavy atom. The molecule has 116 valence electrons. The van der Waals surface area contributed by atoms with Gasteiger partial charge in [0.05, 0.1) is 28.7 Å². The normalized spacial score (nSPS) is 14.6. The molecular formula is C14H11BrF3N3O. The number of alkyl halides is 3. The highest BCUT2D eigenvalue weighted by Gasteiger charge is 2.31. The molecule has 2 heterocycles. The summed E-state index contributed by atoms with van der Waals surface area (Å²) in [4.78, 5) is 6.23. The lowest BCUT2D eigenvalue weighted by Gasteiger charge is -2.25. The van der Waals surface area contributed by atoms with E-state index in [2.05, 4.69) is 25.7 Å². The zero-order valence-corrected chi connectivity index (χ0v) is 13.0. The molecule has 8 heteroatoms. The molecule has 0 amide bonds. The molecule has 1 aromatic carbocycles. The maximum atomic E-state index is 12.2. The minimum absolute atomic E-state index is 0.241. The van der Waals surface area contributed by atoms with Crippen LogP contribution >= 0.6 is 15.9 Å². The molecule has 0 saturated heterocycles. The molecule has 2 aromatic rings. The minimum atomic E-state index is -4.68. The third-order valence-corrected chi connectivity index (χ3v) is 3.81. The van der Waals surface area contributed by atoms with Gasteiger partial charge in [0.2, 0.25) is 0 Å². The van der Waals surface area contributed by atoms with Gasteiger partial charge in [-0.1, -0.05) is 0 Å². The number of hydrogen-bond acceptors (Lipinski definition) is 3. The van der Waals surface area contributed by atoms with Gasteiger partial charge in [-0.05, 0) is 40.2 Å². The molecule has 0 atom stereocenters. The summed E-state index contributed by atoms with van der Waals surface area (Å²) in [6.45, 7) is 0.546. The fourth-order valence-electron chi connectivity index (χ4n) is 2.31. The van der Waals surface area contributed by atoms with Gasteiger partial charge in [0.1, 0.15) is 5.75 Å². The van der Waals surface area contributed by atoms with E-state index in [4.69, 9.17) is 0 Å². The summed E-state index contributed by atoms with van der Waals surface area (Å²) in [5, 5.41) is 0. The number of rotatable bonds is 2. The second-order valence-electron chi connectivity index (χ2n) is 4.80. The van der Waals surface area contributed by atoms with Crippen molar-refractivity contribution < 1.29 is 17.9 Å². The monoisotopic (exact) mass is 373 g/mol.